The van der Waals surface area contributed by atoms with Crippen molar-refractivity contribution >= 4 is 17.7 Å². The Kier molecular flexibility index (Phi) is 5.81. The Hall–Kier alpha value is -2.38. The van der Waals surface area contributed by atoms with Crippen molar-refractivity contribution in [2.45, 2.75) is 45.6 Å². The van der Waals surface area contributed by atoms with Crippen LogP contribution < -0.4 is 10.2 Å². The first kappa shape index (κ1) is 19.0. The Bertz CT molecular complexity index is 606. The highest BCUT2D eigenvalue weighted by molar-refractivity contribution is 5.87. The third-order valence-electron chi connectivity index (χ3n) is 3.67. The van der Waals surface area contributed by atoms with E-state index in [1.165, 1.54) is 0 Å². The zero-order valence-electron chi connectivity index (χ0n) is 15.0. The summed E-state index contributed by atoms with van der Waals surface area (Å²) in [7, 11) is 0. The Morgan fingerprint density at radius 3 is 2.68 bits per heavy atom. The lowest BCUT2D eigenvalue weighted by atomic mass is 10.1. The van der Waals surface area contributed by atoms with E-state index < -0.39 is 29.9 Å². The maximum Gasteiger partial charge on any atom is 0.413 e. The largest absolute Gasteiger partial charge is 0.444 e. The third kappa shape index (κ3) is 4.80. The zero-order valence-corrected chi connectivity index (χ0v) is 15.0. The van der Waals surface area contributed by atoms with E-state index in [-0.39, 0.29) is 13.1 Å². The number of anilines is 1. The average molecular weight is 352 g/mol. The Labute approximate surface area is 147 Å². The summed E-state index contributed by atoms with van der Waals surface area (Å²) in [5.41, 5.74) is -0.0772. The predicted octanol–water partition coefficient (Wildman–Crippen LogP) is 1.94. The summed E-state index contributed by atoms with van der Waals surface area (Å²) in [6.07, 6.45) is 0.720. The number of carbonyl (C=O) groups is 2. The van der Waals surface area contributed by atoms with Crippen molar-refractivity contribution in [3.8, 4) is 0 Å². The third-order valence-corrected chi connectivity index (χ3v) is 3.67. The van der Waals surface area contributed by atoms with Crippen LogP contribution in [0.4, 0.5) is 14.9 Å². The molecule has 0 aromatic carbocycles. The van der Waals surface area contributed by atoms with Crippen LogP contribution in [-0.4, -0.2) is 59.5 Å². The molecule has 0 aliphatic carbocycles. The number of rotatable bonds is 3. The highest BCUT2D eigenvalue weighted by Crippen LogP contribution is 2.25. The van der Waals surface area contributed by atoms with E-state index in [1.54, 1.807) is 57.1 Å². The van der Waals surface area contributed by atoms with Gasteiger partial charge in [0.15, 0.2) is 6.30 Å². The maximum absolute atomic E-state index is 14.8. The fourth-order valence-electron chi connectivity index (χ4n) is 2.65. The van der Waals surface area contributed by atoms with Crippen LogP contribution in [0.15, 0.2) is 24.5 Å². The Morgan fingerprint density at radius 2 is 2.12 bits per heavy atom. The van der Waals surface area contributed by atoms with Crippen LogP contribution in [-0.2, 0) is 9.53 Å². The number of hydrogen-bond donors (Lipinski definition) is 1. The second-order valence-electron chi connectivity index (χ2n) is 6.85. The molecule has 138 valence electrons. The number of hydrogen-bond acceptors (Lipinski definition) is 5. The van der Waals surface area contributed by atoms with Crippen LogP contribution in [0.1, 0.15) is 27.7 Å². The first-order valence-electron chi connectivity index (χ1n) is 8.31. The van der Waals surface area contributed by atoms with E-state index in [0.29, 0.717) is 12.2 Å². The van der Waals surface area contributed by atoms with Gasteiger partial charge in [0.05, 0.1) is 18.4 Å². The molecule has 1 aliphatic heterocycles. The van der Waals surface area contributed by atoms with Crippen molar-refractivity contribution < 1.29 is 18.7 Å². The predicted molar refractivity (Wildman–Crippen MR) is 91.9 cm³/mol. The second-order valence-corrected chi connectivity index (χ2v) is 6.85. The van der Waals surface area contributed by atoms with Crippen LogP contribution in [0.25, 0.3) is 0 Å². The first-order valence-corrected chi connectivity index (χ1v) is 8.31. The molecule has 1 saturated heterocycles. The van der Waals surface area contributed by atoms with Crippen molar-refractivity contribution in [2.24, 2.45) is 0 Å². The van der Waals surface area contributed by atoms with Gasteiger partial charge in [0.1, 0.15) is 11.6 Å². The summed E-state index contributed by atoms with van der Waals surface area (Å²) < 4.78 is 20.1. The topological polar surface area (TPSA) is 74.8 Å². The molecule has 0 radical (unpaired) electrons. The molecule has 2 heterocycles. The molecule has 8 heteroatoms. The van der Waals surface area contributed by atoms with Crippen molar-refractivity contribution in [3.05, 3.63) is 24.5 Å². The van der Waals surface area contributed by atoms with Gasteiger partial charge < -0.3 is 15.0 Å². The maximum atomic E-state index is 14.8. The smallest absolute Gasteiger partial charge is 0.413 e. The fraction of sp³-hybridized carbons (Fsp3) is 0.588. The number of halogens is 1. The quantitative estimate of drug-likeness (QED) is 0.842. The molecule has 0 spiro atoms. The number of alkyl halides is 1. The van der Waals surface area contributed by atoms with Crippen molar-refractivity contribution in [3.63, 3.8) is 0 Å². The monoisotopic (exact) mass is 352 g/mol. The van der Waals surface area contributed by atoms with E-state index in [0.717, 1.165) is 4.90 Å². The highest BCUT2D eigenvalue weighted by atomic mass is 19.1. The molecule has 7 nitrogen and oxygen atoms in total. The van der Waals surface area contributed by atoms with Gasteiger partial charge in [-0.25, -0.2) is 9.18 Å². The van der Waals surface area contributed by atoms with Gasteiger partial charge in [0.25, 0.3) is 0 Å². The minimum absolute atomic E-state index is 0.0547. The van der Waals surface area contributed by atoms with Crippen LogP contribution in [0.5, 0.6) is 0 Å². The molecule has 0 bridgehead atoms. The number of carbonyl (C=O) groups excluding carboxylic acids is 2. The minimum Gasteiger partial charge on any atom is -0.444 e. The molecule has 25 heavy (non-hydrogen) atoms. The second kappa shape index (κ2) is 7.67. The standard InChI is InChI=1S/C17H25FN4O3/c1-5-20-15(23)13-10-21(12-7-6-8-19-9-12)11-14(18)22(13)16(24)25-17(2,3)4/h6-9,13-14H,5,10-11H2,1-4H3,(H,20,23). The minimum atomic E-state index is -1.67. The fourth-order valence-corrected chi connectivity index (χ4v) is 2.65. The van der Waals surface area contributed by atoms with Gasteiger partial charge in [0.2, 0.25) is 5.91 Å². The summed E-state index contributed by atoms with van der Waals surface area (Å²) in [5.74, 6) is -0.412. The number of nitrogens with one attached hydrogen (secondary N) is 1. The van der Waals surface area contributed by atoms with Crippen molar-refractivity contribution in [1.29, 1.82) is 0 Å². The number of aromatic nitrogens is 1. The molecule has 1 aromatic rings. The Morgan fingerprint density at radius 1 is 1.40 bits per heavy atom. The number of likely N-dealkylation sites (N-methyl/N-ethyl adjacent to an activating group) is 1. The van der Waals surface area contributed by atoms with Gasteiger partial charge in [-0.15, -0.1) is 0 Å². The molecule has 1 N–H and O–H groups in total. The summed E-state index contributed by atoms with van der Waals surface area (Å²) in [4.78, 5) is 31.5. The van der Waals surface area contributed by atoms with Gasteiger partial charge in [-0.2, -0.15) is 0 Å². The van der Waals surface area contributed by atoms with E-state index in [9.17, 15) is 14.0 Å². The molecule has 2 atom stereocenters. The van der Waals surface area contributed by atoms with Crippen LogP contribution in [0.2, 0.25) is 0 Å². The molecular formula is C17H25FN4O3. The molecule has 1 aromatic heterocycles. The molecule has 0 saturated carbocycles. The van der Waals surface area contributed by atoms with E-state index in [2.05, 4.69) is 10.3 Å². The average Bonchev–Trinajstić information content (AvgIpc) is 2.53. The van der Waals surface area contributed by atoms with E-state index in [4.69, 9.17) is 4.74 Å². The number of piperazine rings is 1. The summed E-state index contributed by atoms with van der Waals surface area (Å²) in [5, 5.41) is 2.66. The van der Waals surface area contributed by atoms with Crippen molar-refractivity contribution in [2.75, 3.05) is 24.5 Å². The summed E-state index contributed by atoms with van der Waals surface area (Å²) in [6.45, 7) is 7.37. The van der Waals surface area contributed by atoms with Crippen molar-refractivity contribution in [1.82, 2.24) is 15.2 Å². The number of ether oxygens (including phenoxy) is 1. The van der Waals surface area contributed by atoms with Gasteiger partial charge in [0, 0.05) is 19.3 Å². The number of nitrogens with zero attached hydrogens (tertiary/aromatic N) is 3. The number of pyridine rings is 1. The lowest BCUT2D eigenvalue weighted by molar-refractivity contribution is -0.129. The summed E-state index contributed by atoms with van der Waals surface area (Å²) >= 11 is 0. The first-order chi connectivity index (χ1) is 11.7. The van der Waals surface area contributed by atoms with Gasteiger partial charge in [-0.1, -0.05) is 0 Å². The SMILES string of the molecule is CCNC(=O)C1CN(c2cccnc2)CC(F)N1C(=O)OC(C)(C)C. The molecule has 1 aliphatic rings. The van der Waals surface area contributed by atoms with Crippen LogP contribution in [0, 0.1) is 0 Å². The molecule has 2 rings (SSSR count). The van der Waals surface area contributed by atoms with Gasteiger partial charge in [-0.05, 0) is 39.8 Å². The molecule has 2 unspecified atom stereocenters. The molecule has 2 amide bonds. The lowest BCUT2D eigenvalue weighted by Gasteiger charge is -2.43. The lowest BCUT2D eigenvalue weighted by Crippen LogP contribution is -2.64. The highest BCUT2D eigenvalue weighted by Gasteiger charge is 2.43. The van der Waals surface area contributed by atoms with Gasteiger partial charge >= 0.3 is 6.09 Å². The van der Waals surface area contributed by atoms with Gasteiger partial charge in [-0.3, -0.25) is 14.7 Å². The molecular weight excluding hydrogens is 327 g/mol. The number of amides is 2. The van der Waals surface area contributed by atoms with Crippen LogP contribution >= 0.6 is 0 Å². The van der Waals surface area contributed by atoms with Crippen LogP contribution in [0.3, 0.4) is 0 Å². The molecule has 1 fully saturated rings. The van der Waals surface area contributed by atoms with E-state index >= 15 is 0 Å². The normalized spacial score (nSPS) is 21.0. The Balaban J connectivity index is 2.26. The summed E-state index contributed by atoms with van der Waals surface area (Å²) in [6, 6.07) is 2.54. The zero-order chi connectivity index (χ0) is 18.6. The van der Waals surface area contributed by atoms with E-state index in [1.807, 2.05) is 0 Å².